The molecule has 0 radical (unpaired) electrons. The van der Waals surface area contributed by atoms with Crippen LogP contribution in [0.25, 0.3) is 0 Å². The summed E-state index contributed by atoms with van der Waals surface area (Å²) in [6, 6.07) is 3.19. The van der Waals surface area contributed by atoms with E-state index in [9.17, 15) is 4.79 Å². The number of nitrogens with one attached hydrogen (secondary N) is 1. The monoisotopic (exact) mass is 241 g/mol. The van der Waals surface area contributed by atoms with Gasteiger partial charge in [0, 0.05) is 17.8 Å². The Morgan fingerprint density at radius 3 is 2.94 bits per heavy atom. The predicted octanol–water partition coefficient (Wildman–Crippen LogP) is 1.59. The van der Waals surface area contributed by atoms with Crippen molar-refractivity contribution in [2.75, 3.05) is 13.1 Å². The van der Waals surface area contributed by atoms with Gasteiger partial charge in [-0.2, -0.15) is 0 Å². The maximum Gasteiger partial charge on any atom is 0.269 e. The number of hydrogen-bond donors (Lipinski definition) is 2. The first-order chi connectivity index (χ1) is 7.74. The molecular weight excluding hydrogens is 226 g/mol. The van der Waals surface area contributed by atoms with Crippen molar-refractivity contribution in [3.63, 3.8) is 0 Å². The molecule has 0 aliphatic carbocycles. The highest BCUT2D eigenvalue weighted by Crippen LogP contribution is 2.07. The highest BCUT2D eigenvalue weighted by Gasteiger charge is 2.05. The van der Waals surface area contributed by atoms with Crippen molar-refractivity contribution in [2.45, 2.75) is 19.3 Å². The van der Waals surface area contributed by atoms with Gasteiger partial charge in [-0.1, -0.05) is 18.0 Å². The first kappa shape index (κ1) is 12.9. The van der Waals surface area contributed by atoms with Crippen LogP contribution in [0.3, 0.4) is 0 Å². The standard InChI is InChI=1S/C11H16ClN3O/c12-9-4-7-14-10(8-9)11(16)15-6-3-1-2-5-13/h4,7-8H,1-3,5-6,13H2,(H,15,16). The zero-order chi connectivity index (χ0) is 11.8. The topological polar surface area (TPSA) is 68.0 Å². The summed E-state index contributed by atoms with van der Waals surface area (Å²) in [4.78, 5) is 15.5. The van der Waals surface area contributed by atoms with Crippen LogP contribution in [0.1, 0.15) is 29.8 Å². The summed E-state index contributed by atoms with van der Waals surface area (Å²) in [5.41, 5.74) is 5.72. The molecule has 0 saturated carbocycles. The maximum absolute atomic E-state index is 11.6. The number of pyridine rings is 1. The van der Waals surface area contributed by atoms with Crippen molar-refractivity contribution in [3.05, 3.63) is 29.0 Å². The van der Waals surface area contributed by atoms with Gasteiger partial charge in [-0.15, -0.1) is 0 Å². The molecule has 0 aliphatic heterocycles. The van der Waals surface area contributed by atoms with E-state index in [0.717, 1.165) is 19.3 Å². The van der Waals surface area contributed by atoms with Crippen molar-refractivity contribution < 1.29 is 4.79 Å². The second-order valence-corrected chi connectivity index (χ2v) is 3.90. The normalized spacial score (nSPS) is 10.1. The fraction of sp³-hybridized carbons (Fsp3) is 0.455. The largest absolute Gasteiger partial charge is 0.351 e. The zero-order valence-electron chi connectivity index (χ0n) is 9.08. The third-order valence-electron chi connectivity index (χ3n) is 2.12. The Bertz CT molecular complexity index is 344. The molecule has 16 heavy (non-hydrogen) atoms. The molecule has 88 valence electrons. The van der Waals surface area contributed by atoms with E-state index in [0.29, 0.717) is 23.8 Å². The van der Waals surface area contributed by atoms with E-state index in [1.807, 2.05) is 0 Å². The number of amides is 1. The average molecular weight is 242 g/mol. The average Bonchev–Trinajstić information content (AvgIpc) is 2.28. The molecule has 1 aromatic heterocycles. The van der Waals surface area contributed by atoms with E-state index < -0.39 is 0 Å². The molecule has 1 amide bonds. The Morgan fingerprint density at radius 1 is 1.44 bits per heavy atom. The van der Waals surface area contributed by atoms with Crippen LogP contribution in [0.2, 0.25) is 5.02 Å². The minimum atomic E-state index is -0.185. The molecule has 0 aliphatic rings. The number of carbonyl (C=O) groups excluding carboxylic acids is 1. The highest BCUT2D eigenvalue weighted by molar-refractivity contribution is 6.30. The maximum atomic E-state index is 11.6. The summed E-state index contributed by atoms with van der Waals surface area (Å²) in [7, 11) is 0. The minimum Gasteiger partial charge on any atom is -0.351 e. The van der Waals surface area contributed by atoms with Crippen LogP contribution in [-0.4, -0.2) is 24.0 Å². The zero-order valence-corrected chi connectivity index (χ0v) is 9.83. The Labute approximate surface area is 100 Å². The summed E-state index contributed by atoms with van der Waals surface area (Å²) in [5, 5.41) is 3.30. The number of aromatic nitrogens is 1. The van der Waals surface area contributed by atoms with Crippen LogP contribution in [0.4, 0.5) is 0 Å². The summed E-state index contributed by atoms with van der Waals surface area (Å²) >= 11 is 5.76. The molecule has 0 fully saturated rings. The van der Waals surface area contributed by atoms with Crippen molar-refractivity contribution in [1.29, 1.82) is 0 Å². The molecule has 0 aromatic carbocycles. The van der Waals surface area contributed by atoms with Crippen LogP contribution < -0.4 is 11.1 Å². The van der Waals surface area contributed by atoms with Gasteiger partial charge in [0.1, 0.15) is 5.69 Å². The number of nitrogens with zero attached hydrogens (tertiary/aromatic N) is 1. The molecular formula is C11H16ClN3O. The number of nitrogens with two attached hydrogens (primary N) is 1. The number of unbranched alkanes of at least 4 members (excludes halogenated alkanes) is 2. The highest BCUT2D eigenvalue weighted by atomic mass is 35.5. The van der Waals surface area contributed by atoms with E-state index in [1.54, 1.807) is 12.1 Å². The molecule has 4 nitrogen and oxygen atoms in total. The molecule has 0 spiro atoms. The SMILES string of the molecule is NCCCCCNC(=O)c1cc(Cl)ccn1. The van der Waals surface area contributed by atoms with E-state index >= 15 is 0 Å². The Hall–Kier alpha value is -1.13. The van der Waals surface area contributed by atoms with E-state index in [4.69, 9.17) is 17.3 Å². The van der Waals surface area contributed by atoms with Gasteiger partial charge in [0.05, 0.1) is 0 Å². The Kier molecular flexibility index (Phi) is 5.82. The molecule has 0 bridgehead atoms. The van der Waals surface area contributed by atoms with E-state index in [2.05, 4.69) is 10.3 Å². The van der Waals surface area contributed by atoms with Crippen molar-refractivity contribution in [3.8, 4) is 0 Å². The molecule has 3 N–H and O–H groups in total. The third-order valence-corrected chi connectivity index (χ3v) is 2.36. The van der Waals surface area contributed by atoms with Crippen LogP contribution in [0, 0.1) is 0 Å². The van der Waals surface area contributed by atoms with Crippen LogP contribution in [0.5, 0.6) is 0 Å². The van der Waals surface area contributed by atoms with Crippen molar-refractivity contribution in [2.24, 2.45) is 5.73 Å². The lowest BCUT2D eigenvalue weighted by molar-refractivity contribution is 0.0948. The Balaban J connectivity index is 2.30. The van der Waals surface area contributed by atoms with Gasteiger partial charge in [0.2, 0.25) is 0 Å². The second kappa shape index (κ2) is 7.19. The molecule has 1 heterocycles. The predicted molar refractivity (Wildman–Crippen MR) is 64.5 cm³/mol. The molecule has 0 unspecified atom stereocenters. The molecule has 5 heteroatoms. The van der Waals surface area contributed by atoms with Gasteiger partial charge in [-0.25, -0.2) is 0 Å². The Morgan fingerprint density at radius 2 is 2.25 bits per heavy atom. The van der Waals surface area contributed by atoms with Crippen LogP contribution >= 0.6 is 11.6 Å². The minimum absolute atomic E-state index is 0.185. The van der Waals surface area contributed by atoms with Gasteiger partial charge in [0.15, 0.2) is 0 Å². The summed E-state index contributed by atoms with van der Waals surface area (Å²) in [5.74, 6) is -0.185. The van der Waals surface area contributed by atoms with Gasteiger partial charge in [-0.3, -0.25) is 9.78 Å². The summed E-state index contributed by atoms with van der Waals surface area (Å²) < 4.78 is 0. The molecule has 0 atom stereocenters. The molecule has 1 aromatic rings. The number of halogens is 1. The van der Waals surface area contributed by atoms with Gasteiger partial charge in [-0.05, 0) is 31.5 Å². The quantitative estimate of drug-likeness (QED) is 0.744. The lowest BCUT2D eigenvalue weighted by atomic mass is 10.2. The smallest absolute Gasteiger partial charge is 0.269 e. The van der Waals surface area contributed by atoms with Crippen molar-refractivity contribution >= 4 is 17.5 Å². The fourth-order valence-electron chi connectivity index (χ4n) is 1.27. The third kappa shape index (κ3) is 4.59. The van der Waals surface area contributed by atoms with Crippen LogP contribution in [0.15, 0.2) is 18.3 Å². The van der Waals surface area contributed by atoms with Gasteiger partial charge < -0.3 is 11.1 Å². The van der Waals surface area contributed by atoms with E-state index in [-0.39, 0.29) is 5.91 Å². The number of rotatable bonds is 6. The van der Waals surface area contributed by atoms with Gasteiger partial charge >= 0.3 is 0 Å². The summed E-state index contributed by atoms with van der Waals surface area (Å²) in [6.45, 7) is 1.34. The van der Waals surface area contributed by atoms with Crippen molar-refractivity contribution in [1.82, 2.24) is 10.3 Å². The second-order valence-electron chi connectivity index (χ2n) is 3.46. The number of hydrogen-bond acceptors (Lipinski definition) is 3. The van der Waals surface area contributed by atoms with Crippen LogP contribution in [-0.2, 0) is 0 Å². The van der Waals surface area contributed by atoms with Gasteiger partial charge in [0.25, 0.3) is 5.91 Å². The molecule has 0 saturated heterocycles. The summed E-state index contributed by atoms with van der Waals surface area (Å²) in [6.07, 6.45) is 4.47. The first-order valence-electron chi connectivity index (χ1n) is 5.34. The molecule has 1 rings (SSSR count). The van der Waals surface area contributed by atoms with E-state index in [1.165, 1.54) is 6.20 Å². The first-order valence-corrected chi connectivity index (χ1v) is 5.71. The lowest BCUT2D eigenvalue weighted by Crippen LogP contribution is -2.25. The lowest BCUT2D eigenvalue weighted by Gasteiger charge is -2.04. The number of carbonyl (C=O) groups is 1. The fourth-order valence-corrected chi connectivity index (χ4v) is 1.43.